The number of nitrogens with one attached hydrogen (secondary N) is 1. The lowest BCUT2D eigenvalue weighted by molar-refractivity contribution is 0.415. The molecule has 5 nitrogen and oxygen atoms in total. The van der Waals surface area contributed by atoms with Crippen molar-refractivity contribution in [2.24, 2.45) is 0 Å². The quantitative estimate of drug-likeness (QED) is 0.571. The van der Waals surface area contributed by atoms with Gasteiger partial charge in [-0.15, -0.1) is 0 Å². The van der Waals surface area contributed by atoms with Gasteiger partial charge in [0.25, 0.3) is 5.56 Å². The van der Waals surface area contributed by atoms with Crippen molar-refractivity contribution in [3.05, 3.63) is 93.8 Å². The molecule has 2 heterocycles. The van der Waals surface area contributed by atoms with E-state index in [0.29, 0.717) is 34.2 Å². The number of nitrogens with zero attached hydrogens (tertiary/aromatic N) is 2. The van der Waals surface area contributed by atoms with Gasteiger partial charge >= 0.3 is 0 Å². The zero-order valence-electron chi connectivity index (χ0n) is 15.6. The highest BCUT2D eigenvalue weighted by atomic mass is 19.1. The number of ether oxygens (including phenoxy) is 1. The van der Waals surface area contributed by atoms with E-state index in [4.69, 9.17) is 4.74 Å². The molecule has 4 rings (SSSR count). The van der Waals surface area contributed by atoms with E-state index in [0.717, 1.165) is 11.1 Å². The number of aromatic nitrogens is 2. The van der Waals surface area contributed by atoms with Gasteiger partial charge in [-0.2, -0.15) is 5.26 Å². The SMILES string of the molecule is COc1cc(Cc2cccnc2)c2[nH]c(=O)c(C#N)c(-c3cccc(F)c3)c2c1. The summed E-state index contributed by atoms with van der Waals surface area (Å²) in [7, 11) is 1.55. The van der Waals surface area contributed by atoms with Crippen LogP contribution in [0.15, 0.2) is 65.7 Å². The van der Waals surface area contributed by atoms with Crippen molar-refractivity contribution in [1.82, 2.24) is 9.97 Å². The lowest BCUT2D eigenvalue weighted by Gasteiger charge is -2.14. The minimum Gasteiger partial charge on any atom is -0.497 e. The lowest BCUT2D eigenvalue weighted by Crippen LogP contribution is -2.13. The van der Waals surface area contributed by atoms with Gasteiger partial charge in [0.1, 0.15) is 23.2 Å². The van der Waals surface area contributed by atoms with Crippen LogP contribution in [0.1, 0.15) is 16.7 Å². The van der Waals surface area contributed by atoms with Crippen molar-refractivity contribution in [1.29, 1.82) is 5.26 Å². The molecule has 0 saturated heterocycles. The molecule has 0 atom stereocenters. The molecule has 2 aromatic heterocycles. The third-order valence-corrected chi connectivity index (χ3v) is 4.76. The Hall–Kier alpha value is -3.98. The number of hydrogen-bond acceptors (Lipinski definition) is 4. The second-order valence-electron chi connectivity index (χ2n) is 6.57. The number of halogens is 1. The van der Waals surface area contributed by atoms with E-state index >= 15 is 0 Å². The van der Waals surface area contributed by atoms with Crippen LogP contribution in [0.3, 0.4) is 0 Å². The van der Waals surface area contributed by atoms with Crippen LogP contribution in [0.5, 0.6) is 5.75 Å². The first kappa shape index (κ1) is 18.4. The number of aromatic amines is 1. The summed E-state index contributed by atoms with van der Waals surface area (Å²) in [5, 5.41) is 10.2. The number of benzene rings is 2. The number of rotatable bonds is 4. The molecule has 2 aromatic carbocycles. The Balaban J connectivity index is 2.07. The number of pyridine rings is 2. The molecule has 142 valence electrons. The Morgan fingerprint density at radius 1 is 1.21 bits per heavy atom. The van der Waals surface area contributed by atoms with Gasteiger partial charge in [-0.05, 0) is 47.0 Å². The average Bonchev–Trinajstić information content (AvgIpc) is 2.73. The lowest BCUT2D eigenvalue weighted by atomic mass is 9.93. The van der Waals surface area contributed by atoms with E-state index in [1.165, 1.54) is 12.1 Å². The van der Waals surface area contributed by atoms with Gasteiger partial charge in [0.15, 0.2) is 0 Å². The van der Waals surface area contributed by atoms with E-state index in [2.05, 4.69) is 9.97 Å². The first-order chi connectivity index (χ1) is 14.1. The second-order valence-corrected chi connectivity index (χ2v) is 6.57. The van der Waals surface area contributed by atoms with Gasteiger partial charge in [0, 0.05) is 29.8 Å². The molecule has 0 saturated carbocycles. The van der Waals surface area contributed by atoms with Gasteiger partial charge < -0.3 is 9.72 Å². The van der Waals surface area contributed by atoms with Crippen molar-refractivity contribution in [3.63, 3.8) is 0 Å². The molecule has 4 aromatic rings. The summed E-state index contributed by atoms with van der Waals surface area (Å²) in [6.07, 6.45) is 3.95. The van der Waals surface area contributed by atoms with Crippen molar-refractivity contribution in [3.8, 4) is 22.9 Å². The van der Waals surface area contributed by atoms with Crippen LogP contribution in [0.4, 0.5) is 4.39 Å². The standard InChI is InChI=1S/C23H16FN3O2/c1-29-18-10-16(8-14-4-3-7-26-13-14)22-19(11-18)21(20(12-25)23(28)27-22)15-5-2-6-17(24)9-15/h2-7,9-11,13H,8H2,1H3,(H,27,28). The first-order valence-electron chi connectivity index (χ1n) is 8.92. The van der Waals surface area contributed by atoms with Gasteiger partial charge in [-0.3, -0.25) is 9.78 Å². The zero-order chi connectivity index (χ0) is 20.4. The minimum absolute atomic E-state index is 0.0660. The van der Waals surface area contributed by atoms with Crippen molar-refractivity contribution < 1.29 is 9.13 Å². The third kappa shape index (κ3) is 3.46. The summed E-state index contributed by atoms with van der Waals surface area (Å²) in [4.78, 5) is 19.6. The molecule has 0 amide bonds. The van der Waals surface area contributed by atoms with Crippen LogP contribution in [0.25, 0.3) is 22.0 Å². The number of H-pyrrole nitrogens is 1. The molecular formula is C23H16FN3O2. The molecule has 0 spiro atoms. The highest BCUT2D eigenvalue weighted by Gasteiger charge is 2.18. The minimum atomic E-state index is -0.517. The number of hydrogen-bond donors (Lipinski definition) is 1. The van der Waals surface area contributed by atoms with E-state index in [9.17, 15) is 14.4 Å². The van der Waals surface area contributed by atoms with Crippen LogP contribution in [-0.4, -0.2) is 17.1 Å². The van der Waals surface area contributed by atoms with Crippen LogP contribution in [-0.2, 0) is 6.42 Å². The third-order valence-electron chi connectivity index (χ3n) is 4.76. The molecule has 0 aliphatic carbocycles. The predicted molar refractivity (Wildman–Crippen MR) is 108 cm³/mol. The van der Waals surface area contributed by atoms with Gasteiger partial charge in [-0.1, -0.05) is 18.2 Å². The van der Waals surface area contributed by atoms with Crippen LogP contribution >= 0.6 is 0 Å². The van der Waals surface area contributed by atoms with E-state index in [1.807, 2.05) is 24.3 Å². The van der Waals surface area contributed by atoms with Crippen LogP contribution < -0.4 is 10.3 Å². The molecule has 1 N–H and O–H groups in total. The fourth-order valence-corrected chi connectivity index (χ4v) is 3.47. The van der Waals surface area contributed by atoms with E-state index < -0.39 is 11.4 Å². The molecule has 6 heteroatoms. The summed E-state index contributed by atoms with van der Waals surface area (Å²) >= 11 is 0. The maximum atomic E-state index is 13.9. The number of fused-ring (bicyclic) bond motifs is 1. The monoisotopic (exact) mass is 385 g/mol. The van der Waals surface area contributed by atoms with Crippen LogP contribution in [0.2, 0.25) is 0 Å². The van der Waals surface area contributed by atoms with Crippen molar-refractivity contribution in [2.45, 2.75) is 6.42 Å². The highest BCUT2D eigenvalue weighted by molar-refractivity contribution is 5.99. The molecular weight excluding hydrogens is 369 g/mol. The molecule has 29 heavy (non-hydrogen) atoms. The Morgan fingerprint density at radius 2 is 2.07 bits per heavy atom. The molecule has 0 radical (unpaired) electrons. The zero-order valence-corrected chi connectivity index (χ0v) is 15.6. The second kappa shape index (κ2) is 7.56. The Bertz CT molecular complexity index is 1310. The number of methoxy groups -OCH3 is 1. The Morgan fingerprint density at radius 3 is 2.76 bits per heavy atom. The first-order valence-corrected chi connectivity index (χ1v) is 8.92. The van der Waals surface area contributed by atoms with Crippen LogP contribution in [0, 0.1) is 17.1 Å². The topological polar surface area (TPSA) is 78.8 Å². The molecule has 0 fully saturated rings. The summed E-state index contributed by atoms with van der Waals surface area (Å²) in [5.74, 6) is 0.128. The summed E-state index contributed by atoms with van der Waals surface area (Å²) in [6.45, 7) is 0. The van der Waals surface area contributed by atoms with Gasteiger partial charge in [0.05, 0.1) is 12.6 Å². The maximum Gasteiger partial charge on any atom is 0.267 e. The molecule has 0 unspecified atom stereocenters. The molecule has 0 bridgehead atoms. The fraction of sp³-hybridized carbons (Fsp3) is 0.0870. The maximum absolute atomic E-state index is 13.9. The molecule has 0 aliphatic rings. The van der Waals surface area contributed by atoms with Gasteiger partial charge in [0.2, 0.25) is 0 Å². The average molecular weight is 385 g/mol. The largest absolute Gasteiger partial charge is 0.497 e. The highest BCUT2D eigenvalue weighted by Crippen LogP contribution is 2.34. The van der Waals surface area contributed by atoms with Crippen molar-refractivity contribution in [2.75, 3.05) is 7.11 Å². The Kier molecular flexibility index (Phi) is 4.80. The van der Waals surface area contributed by atoms with E-state index in [1.54, 1.807) is 37.7 Å². The predicted octanol–water partition coefficient (Wildman–Crippen LogP) is 4.20. The summed E-state index contributed by atoms with van der Waals surface area (Å²) < 4.78 is 19.4. The Labute approximate surface area is 166 Å². The summed E-state index contributed by atoms with van der Waals surface area (Å²) in [5.41, 5.74) is 2.61. The fourth-order valence-electron chi connectivity index (χ4n) is 3.47. The van der Waals surface area contributed by atoms with Crippen molar-refractivity contribution >= 4 is 10.9 Å². The number of nitriles is 1. The smallest absolute Gasteiger partial charge is 0.267 e. The van der Waals surface area contributed by atoms with E-state index in [-0.39, 0.29) is 5.56 Å². The molecule has 0 aliphatic heterocycles. The normalized spacial score (nSPS) is 10.7. The van der Waals surface area contributed by atoms with Gasteiger partial charge in [-0.25, -0.2) is 4.39 Å². The summed E-state index contributed by atoms with van der Waals surface area (Å²) in [6, 6.07) is 15.2.